The zero-order valence-corrected chi connectivity index (χ0v) is 17.4. The van der Waals surface area contributed by atoms with Gasteiger partial charge in [0.2, 0.25) is 11.8 Å². The van der Waals surface area contributed by atoms with Gasteiger partial charge in [0.25, 0.3) is 0 Å². The summed E-state index contributed by atoms with van der Waals surface area (Å²) in [4.78, 5) is 30.3. The van der Waals surface area contributed by atoms with Crippen molar-refractivity contribution in [1.82, 2.24) is 9.88 Å². The van der Waals surface area contributed by atoms with Crippen LogP contribution in [0.5, 0.6) is 0 Å². The first kappa shape index (κ1) is 18.9. The summed E-state index contributed by atoms with van der Waals surface area (Å²) in [5.41, 5.74) is 4.16. The van der Waals surface area contributed by atoms with Crippen molar-refractivity contribution >= 4 is 29.8 Å². The molecule has 0 radical (unpaired) electrons. The molecule has 0 bridgehead atoms. The SMILES string of the molecule is Cc1c([C@@H](C)N(C)C(=O)/C=C/c2cnc3c(c2)CCC(=O)N3)oc2c1C=C[C@@H]1CC21. The fourth-order valence-corrected chi connectivity index (χ4v) is 4.41. The van der Waals surface area contributed by atoms with Gasteiger partial charge >= 0.3 is 0 Å². The van der Waals surface area contributed by atoms with E-state index in [-0.39, 0.29) is 17.9 Å². The molecule has 1 saturated carbocycles. The maximum absolute atomic E-state index is 12.8. The number of rotatable bonds is 4. The highest BCUT2D eigenvalue weighted by Gasteiger charge is 2.44. The van der Waals surface area contributed by atoms with Gasteiger partial charge in [0.1, 0.15) is 17.3 Å². The maximum Gasteiger partial charge on any atom is 0.246 e. The third kappa shape index (κ3) is 3.16. The predicted molar refractivity (Wildman–Crippen MR) is 115 cm³/mol. The standard InChI is InChI=1S/C24H25N3O3/c1-13-18-7-5-16-11-19(16)23(18)30-22(13)14(2)27(3)21(29)9-4-15-10-17-6-8-20(28)26-24(17)25-12-15/h4-5,7,9-10,12,14,16,19H,6,8,11H2,1-3H3,(H,25,26,28)/b9-4+/t14-,16-,19?/m1/s1. The fraction of sp³-hybridized carbons (Fsp3) is 0.375. The lowest BCUT2D eigenvalue weighted by atomic mass is 10.0. The fourth-order valence-electron chi connectivity index (χ4n) is 4.41. The number of hydrogen-bond donors (Lipinski definition) is 1. The van der Waals surface area contributed by atoms with Crippen LogP contribution in [0.2, 0.25) is 0 Å². The van der Waals surface area contributed by atoms with Crippen LogP contribution in [0.25, 0.3) is 12.2 Å². The minimum Gasteiger partial charge on any atom is -0.463 e. The van der Waals surface area contributed by atoms with Gasteiger partial charge in [-0.2, -0.15) is 0 Å². The lowest BCUT2D eigenvalue weighted by Gasteiger charge is -2.22. The van der Waals surface area contributed by atoms with Crippen molar-refractivity contribution in [2.45, 2.75) is 45.1 Å². The third-order valence-corrected chi connectivity index (χ3v) is 6.54. The minimum absolute atomic E-state index is 0.00771. The van der Waals surface area contributed by atoms with Gasteiger partial charge in [-0.1, -0.05) is 12.2 Å². The molecule has 1 aliphatic heterocycles. The van der Waals surface area contributed by atoms with Crippen molar-refractivity contribution < 1.29 is 14.0 Å². The van der Waals surface area contributed by atoms with E-state index < -0.39 is 0 Å². The predicted octanol–water partition coefficient (Wildman–Crippen LogP) is 4.23. The minimum atomic E-state index is -0.157. The van der Waals surface area contributed by atoms with Gasteiger partial charge in [-0.05, 0) is 55.9 Å². The van der Waals surface area contributed by atoms with E-state index in [9.17, 15) is 9.59 Å². The van der Waals surface area contributed by atoms with E-state index in [1.807, 2.05) is 13.0 Å². The highest BCUT2D eigenvalue weighted by molar-refractivity contribution is 5.94. The van der Waals surface area contributed by atoms with E-state index in [0.717, 1.165) is 28.2 Å². The number of nitrogens with zero attached hydrogens (tertiary/aromatic N) is 2. The molecule has 6 nitrogen and oxygen atoms in total. The van der Waals surface area contributed by atoms with Crippen molar-refractivity contribution in [3.8, 4) is 0 Å². The number of hydrogen-bond acceptors (Lipinski definition) is 4. The molecule has 0 aromatic carbocycles. The number of anilines is 1. The molecule has 2 aromatic heterocycles. The number of carbonyl (C=O) groups is 2. The van der Waals surface area contributed by atoms with Crippen LogP contribution in [0.15, 0.2) is 28.8 Å². The van der Waals surface area contributed by atoms with Crippen LogP contribution in [0, 0.1) is 12.8 Å². The summed E-state index contributed by atoms with van der Waals surface area (Å²) in [6.07, 6.45) is 11.7. The number of fused-ring (bicyclic) bond motifs is 4. The van der Waals surface area contributed by atoms with Gasteiger partial charge in [-0.25, -0.2) is 4.98 Å². The largest absolute Gasteiger partial charge is 0.463 e. The smallest absolute Gasteiger partial charge is 0.246 e. The quantitative estimate of drug-likeness (QED) is 0.775. The zero-order chi connectivity index (χ0) is 21.0. The first-order valence-electron chi connectivity index (χ1n) is 10.5. The van der Waals surface area contributed by atoms with Crippen molar-refractivity contribution in [3.05, 3.63) is 58.2 Å². The van der Waals surface area contributed by atoms with E-state index in [2.05, 4.69) is 29.4 Å². The molecule has 154 valence electrons. The number of aryl methyl sites for hydroxylation is 1. The maximum atomic E-state index is 12.8. The van der Waals surface area contributed by atoms with Crippen molar-refractivity contribution in [2.75, 3.05) is 12.4 Å². The number of amides is 2. The molecule has 0 spiro atoms. The molecule has 30 heavy (non-hydrogen) atoms. The summed E-state index contributed by atoms with van der Waals surface area (Å²) >= 11 is 0. The van der Waals surface area contributed by atoms with Crippen molar-refractivity contribution in [3.63, 3.8) is 0 Å². The Hall–Kier alpha value is -3.15. The number of carbonyl (C=O) groups excluding carboxylic acids is 2. The van der Waals surface area contributed by atoms with Gasteiger partial charge in [0.05, 0.1) is 6.04 Å². The molecule has 1 fully saturated rings. The number of pyridine rings is 1. The Balaban J connectivity index is 1.31. The van der Waals surface area contributed by atoms with Crippen LogP contribution in [0.3, 0.4) is 0 Å². The molecule has 2 aromatic rings. The summed E-state index contributed by atoms with van der Waals surface area (Å²) in [6.45, 7) is 4.08. The molecule has 2 amide bonds. The first-order valence-corrected chi connectivity index (χ1v) is 10.5. The topological polar surface area (TPSA) is 75.4 Å². The van der Waals surface area contributed by atoms with Crippen molar-refractivity contribution in [2.24, 2.45) is 5.92 Å². The van der Waals surface area contributed by atoms with Gasteiger partial charge in [-0.15, -0.1) is 0 Å². The zero-order valence-electron chi connectivity index (χ0n) is 17.4. The normalized spacial score (nSPS) is 22.2. The molecule has 2 aliphatic carbocycles. The van der Waals surface area contributed by atoms with Crippen LogP contribution in [-0.4, -0.2) is 28.7 Å². The highest BCUT2D eigenvalue weighted by Crippen LogP contribution is 2.54. The average Bonchev–Trinajstić information content (AvgIpc) is 3.47. The number of likely N-dealkylation sites (N-methyl/N-ethyl adjacent to an activating group) is 1. The second-order valence-electron chi connectivity index (χ2n) is 8.52. The average molecular weight is 403 g/mol. The van der Waals surface area contributed by atoms with E-state index in [1.54, 1.807) is 30.3 Å². The lowest BCUT2D eigenvalue weighted by Crippen LogP contribution is -2.28. The Labute approximate surface area is 175 Å². The molecule has 3 heterocycles. The van der Waals surface area contributed by atoms with Gasteiger partial charge in [0.15, 0.2) is 0 Å². The van der Waals surface area contributed by atoms with Crippen LogP contribution in [-0.2, 0) is 16.0 Å². The Morgan fingerprint density at radius 2 is 2.23 bits per heavy atom. The Morgan fingerprint density at radius 1 is 1.40 bits per heavy atom. The van der Waals surface area contributed by atoms with E-state index in [0.29, 0.717) is 30.5 Å². The molecule has 3 atom stereocenters. The Morgan fingerprint density at radius 3 is 3.07 bits per heavy atom. The van der Waals surface area contributed by atoms with Gasteiger partial charge < -0.3 is 14.6 Å². The summed E-state index contributed by atoms with van der Waals surface area (Å²) in [5, 5.41) is 2.77. The van der Waals surface area contributed by atoms with Crippen LogP contribution >= 0.6 is 0 Å². The second kappa shape index (κ2) is 6.97. The third-order valence-electron chi connectivity index (χ3n) is 6.54. The van der Waals surface area contributed by atoms with E-state index >= 15 is 0 Å². The van der Waals surface area contributed by atoms with Crippen molar-refractivity contribution in [1.29, 1.82) is 0 Å². The molecule has 0 saturated heterocycles. The molecule has 6 heteroatoms. The first-order chi connectivity index (χ1) is 14.4. The van der Waals surface area contributed by atoms with Gasteiger partial charge in [-0.3, -0.25) is 9.59 Å². The summed E-state index contributed by atoms with van der Waals surface area (Å²) in [7, 11) is 1.80. The van der Waals surface area contributed by atoms with Crippen LogP contribution in [0.4, 0.5) is 5.82 Å². The molecular formula is C24H25N3O3. The van der Waals surface area contributed by atoms with E-state index in [4.69, 9.17) is 4.42 Å². The second-order valence-corrected chi connectivity index (χ2v) is 8.52. The highest BCUT2D eigenvalue weighted by atomic mass is 16.3. The van der Waals surface area contributed by atoms with Gasteiger partial charge in [0, 0.05) is 42.8 Å². The molecule has 5 rings (SSSR count). The molecule has 3 aliphatic rings. The summed E-state index contributed by atoms with van der Waals surface area (Å²) in [5.74, 6) is 3.62. The molecule has 1 unspecified atom stereocenters. The number of allylic oxidation sites excluding steroid dienone is 1. The Kier molecular flexibility index (Phi) is 4.38. The number of furan rings is 1. The lowest BCUT2D eigenvalue weighted by molar-refractivity contribution is -0.126. The molecule has 1 N–H and O–H groups in total. The number of nitrogens with one attached hydrogen (secondary N) is 1. The molecular weight excluding hydrogens is 378 g/mol. The summed E-state index contributed by atoms with van der Waals surface area (Å²) in [6, 6.07) is 1.81. The van der Waals surface area contributed by atoms with E-state index in [1.165, 1.54) is 12.0 Å². The van der Waals surface area contributed by atoms with Crippen LogP contribution < -0.4 is 5.32 Å². The van der Waals surface area contributed by atoms with Crippen LogP contribution in [0.1, 0.15) is 65.5 Å². The summed E-state index contributed by atoms with van der Waals surface area (Å²) < 4.78 is 6.24. The Bertz CT molecular complexity index is 1110. The number of aromatic nitrogens is 1. The monoisotopic (exact) mass is 403 g/mol.